The van der Waals surface area contributed by atoms with E-state index in [4.69, 9.17) is 14.2 Å². The molecular formula is C21H28O3. The summed E-state index contributed by atoms with van der Waals surface area (Å²) in [5.74, 6) is 1.68. The molecule has 3 heteroatoms. The van der Waals surface area contributed by atoms with Crippen molar-refractivity contribution in [2.24, 2.45) is 0 Å². The molecule has 130 valence electrons. The Balaban J connectivity index is 1.69. The lowest BCUT2D eigenvalue weighted by Gasteiger charge is -2.15. The van der Waals surface area contributed by atoms with Gasteiger partial charge in [0.05, 0.1) is 6.61 Å². The molecule has 0 unspecified atom stereocenters. The summed E-state index contributed by atoms with van der Waals surface area (Å²) in [7, 11) is 0. The highest BCUT2D eigenvalue weighted by Crippen LogP contribution is 2.19. The molecule has 0 aliphatic carbocycles. The monoisotopic (exact) mass is 328 g/mol. The molecule has 0 spiro atoms. The van der Waals surface area contributed by atoms with Gasteiger partial charge in [0.1, 0.15) is 24.2 Å². The zero-order valence-corrected chi connectivity index (χ0v) is 14.7. The number of benzene rings is 2. The molecule has 0 saturated heterocycles. The predicted molar refractivity (Wildman–Crippen MR) is 97.7 cm³/mol. The molecule has 0 radical (unpaired) electrons. The van der Waals surface area contributed by atoms with Crippen LogP contribution in [-0.2, 0) is 11.3 Å². The van der Waals surface area contributed by atoms with E-state index in [-0.39, 0.29) is 6.10 Å². The Hall–Kier alpha value is -2.00. The summed E-state index contributed by atoms with van der Waals surface area (Å²) in [4.78, 5) is 0. The van der Waals surface area contributed by atoms with Gasteiger partial charge in [-0.15, -0.1) is 0 Å². The average molecular weight is 328 g/mol. The lowest BCUT2D eigenvalue weighted by Crippen LogP contribution is -2.19. The first-order valence-electron chi connectivity index (χ1n) is 8.79. The zero-order valence-electron chi connectivity index (χ0n) is 14.7. The fourth-order valence-corrected chi connectivity index (χ4v) is 2.33. The molecule has 0 heterocycles. The van der Waals surface area contributed by atoms with Gasteiger partial charge < -0.3 is 14.2 Å². The highest BCUT2D eigenvalue weighted by molar-refractivity contribution is 5.31. The Morgan fingerprint density at radius 1 is 0.875 bits per heavy atom. The first kappa shape index (κ1) is 18.3. The molecule has 0 saturated carbocycles. The largest absolute Gasteiger partial charge is 0.489 e. The van der Waals surface area contributed by atoms with Crippen LogP contribution in [0.4, 0.5) is 0 Å². The Morgan fingerprint density at radius 3 is 2.29 bits per heavy atom. The van der Waals surface area contributed by atoms with Crippen LogP contribution in [0.2, 0.25) is 0 Å². The molecule has 0 fully saturated rings. The normalized spacial score (nSPS) is 11.9. The summed E-state index contributed by atoms with van der Waals surface area (Å²) in [5, 5.41) is 0. The zero-order chi connectivity index (χ0) is 17.0. The molecule has 24 heavy (non-hydrogen) atoms. The Kier molecular flexibility index (Phi) is 8.19. The molecular weight excluding hydrogens is 300 g/mol. The van der Waals surface area contributed by atoms with Gasteiger partial charge in [0.15, 0.2) is 0 Å². The lowest BCUT2D eigenvalue weighted by atomic mass is 10.2. The highest BCUT2D eigenvalue weighted by atomic mass is 16.5. The van der Waals surface area contributed by atoms with Crippen LogP contribution in [-0.4, -0.2) is 19.3 Å². The Bertz CT molecular complexity index is 551. The summed E-state index contributed by atoms with van der Waals surface area (Å²) < 4.78 is 17.3. The van der Waals surface area contributed by atoms with Gasteiger partial charge in [-0.1, -0.05) is 50.1 Å². The topological polar surface area (TPSA) is 27.7 Å². The minimum atomic E-state index is 0.0442. The minimum absolute atomic E-state index is 0.0442. The third-order valence-electron chi connectivity index (χ3n) is 3.65. The molecule has 0 amide bonds. The van der Waals surface area contributed by atoms with Crippen molar-refractivity contribution in [1.82, 2.24) is 0 Å². The van der Waals surface area contributed by atoms with Crippen LogP contribution in [0.25, 0.3) is 0 Å². The fourth-order valence-electron chi connectivity index (χ4n) is 2.33. The van der Waals surface area contributed by atoms with Crippen LogP contribution in [0.1, 0.15) is 38.7 Å². The summed E-state index contributed by atoms with van der Waals surface area (Å²) in [6.07, 6.45) is 3.60. The second kappa shape index (κ2) is 10.7. The van der Waals surface area contributed by atoms with Crippen molar-refractivity contribution < 1.29 is 14.2 Å². The lowest BCUT2D eigenvalue weighted by molar-refractivity contribution is 0.0567. The summed E-state index contributed by atoms with van der Waals surface area (Å²) in [5.41, 5.74) is 1.16. The van der Waals surface area contributed by atoms with Crippen molar-refractivity contribution in [3.05, 3.63) is 60.2 Å². The van der Waals surface area contributed by atoms with E-state index in [1.54, 1.807) is 0 Å². The molecule has 2 aromatic rings. The minimum Gasteiger partial charge on any atom is -0.489 e. The molecule has 0 N–H and O–H groups in total. The van der Waals surface area contributed by atoms with Crippen molar-refractivity contribution in [3.8, 4) is 11.5 Å². The van der Waals surface area contributed by atoms with Crippen molar-refractivity contribution in [2.75, 3.05) is 13.2 Å². The van der Waals surface area contributed by atoms with Gasteiger partial charge in [-0.25, -0.2) is 0 Å². The second-order valence-electron chi connectivity index (χ2n) is 5.96. The van der Waals surface area contributed by atoms with Crippen molar-refractivity contribution in [1.29, 1.82) is 0 Å². The van der Waals surface area contributed by atoms with Crippen molar-refractivity contribution >= 4 is 0 Å². The van der Waals surface area contributed by atoms with E-state index in [1.807, 2.05) is 49.4 Å². The third-order valence-corrected chi connectivity index (χ3v) is 3.65. The van der Waals surface area contributed by atoms with Crippen LogP contribution >= 0.6 is 0 Å². The van der Waals surface area contributed by atoms with Gasteiger partial charge in [0, 0.05) is 6.61 Å². The maximum Gasteiger partial charge on any atom is 0.120 e. The number of hydrogen-bond acceptors (Lipinski definition) is 3. The van der Waals surface area contributed by atoms with Gasteiger partial charge in [-0.3, -0.25) is 0 Å². The number of unbranched alkanes of at least 4 members (excludes halogenated alkanes) is 2. The van der Waals surface area contributed by atoms with E-state index in [0.29, 0.717) is 13.2 Å². The average Bonchev–Trinajstić information content (AvgIpc) is 2.62. The van der Waals surface area contributed by atoms with E-state index >= 15 is 0 Å². The number of ether oxygens (including phenoxy) is 3. The molecule has 0 bridgehead atoms. The van der Waals surface area contributed by atoms with Gasteiger partial charge in [0.25, 0.3) is 0 Å². The fraction of sp³-hybridized carbons (Fsp3) is 0.429. The molecule has 0 aromatic heterocycles. The standard InChI is InChI=1S/C21H28O3/c1-3-4-8-15-22-16-18(2)24-21-13-11-20(12-14-21)23-17-19-9-6-5-7-10-19/h5-7,9-14,18H,3-4,8,15-17H2,1-2H3/t18-/m1/s1. The van der Waals surface area contributed by atoms with Gasteiger partial charge in [-0.05, 0) is 43.2 Å². The van der Waals surface area contributed by atoms with Crippen LogP contribution in [0.5, 0.6) is 11.5 Å². The third kappa shape index (κ3) is 7.05. The van der Waals surface area contributed by atoms with E-state index < -0.39 is 0 Å². The molecule has 1 atom stereocenters. The molecule has 0 aliphatic heterocycles. The van der Waals surface area contributed by atoms with Crippen LogP contribution in [0.3, 0.4) is 0 Å². The quantitative estimate of drug-likeness (QED) is 0.528. The molecule has 2 rings (SSSR count). The van der Waals surface area contributed by atoms with Crippen LogP contribution in [0.15, 0.2) is 54.6 Å². The highest BCUT2D eigenvalue weighted by Gasteiger charge is 2.05. The van der Waals surface area contributed by atoms with E-state index in [0.717, 1.165) is 30.1 Å². The summed E-state index contributed by atoms with van der Waals surface area (Å²) in [6.45, 7) is 6.23. The molecule has 3 nitrogen and oxygen atoms in total. The SMILES string of the molecule is CCCCCOC[C@@H](C)Oc1ccc(OCc2ccccc2)cc1. The maximum atomic E-state index is 5.86. The van der Waals surface area contributed by atoms with Crippen LogP contribution < -0.4 is 9.47 Å². The smallest absolute Gasteiger partial charge is 0.120 e. The van der Waals surface area contributed by atoms with E-state index in [1.165, 1.54) is 12.8 Å². The number of hydrogen-bond donors (Lipinski definition) is 0. The predicted octanol–water partition coefficient (Wildman–Crippen LogP) is 5.24. The van der Waals surface area contributed by atoms with E-state index in [2.05, 4.69) is 19.1 Å². The summed E-state index contributed by atoms with van der Waals surface area (Å²) >= 11 is 0. The van der Waals surface area contributed by atoms with Gasteiger partial charge in [-0.2, -0.15) is 0 Å². The van der Waals surface area contributed by atoms with Crippen molar-refractivity contribution in [2.45, 2.75) is 45.8 Å². The Labute approximate surface area is 145 Å². The molecule has 2 aromatic carbocycles. The molecule has 0 aliphatic rings. The summed E-state index contributed by atoms with van der Waals surface area (Å²) in [6, 6.07) is 17.9. The number of rotatable bonds is 11. The van der Waals surface area contributed by atoms with Crippen LogP contribution in [0, 0.1) is 0 Å². The van der Waals surface area contributed by atoms with Crippen molar-refractivity contribution in [3.63, 3.8) is 0 Å². The first-order chi connectivity index (χ1) is 11.8. The Morgan fingerprint density at radius 2 is 1.58 bits per heavy atom. The van der Waals surface area contributed by atoms with Gasteiger partial charge >= 0.3 is 0 Å². The van der Waals surface area contributed by atoms with E-state index in [9.17, 15) is 0 Å². The maximum absolute atomic E-state index is 5.86. The second-order valence-corrected chi connectivity index (χ2v) is 5.96. The van der Waals surface area contributed by atoms with Gasteiger partial charge in [0.2, 0.25) is 0 Å². The first-order valence-corrected chi connectivity index (χ1v) is 8.79.